The number of piperidine rings is 1. The third-order valence-electron chi connectivity index (χ3n) is 5.72. The second-order valence-corrected chi connectivity index (χ2v) is 7.81. The average Bonchev–Trinajstić information content (AvgIpc) is 3.15. The highest BCUT2D eigenvalue weighted by Crippen LogP contribution is 2.20. The highest BCUT2D eigenvalue weighted by molar-refractivity contribution is 5.83. The molecule has 3 aromatic rings. The lowest BCUT2D eigenvalue weighted by atomic mass is 9.96. The van der Waals surface area contributed by atoms with E-state index in [2.05, 4.69) is 63.9 Å². The predicted octanol–water partition coefficient (Wildman–Crippen LogP) is 4.13. The van der Waals surface area contributed by atoms with Crippen LogP contribution in [0.3, 0.4) is 0 Å². The number of carbonyl (C=O) groups is 1. The van der Waals surface area contributed by atoms with Crippen molar-refractivity contribution in [1.82, 2.24) is 15.2 Å². The molecule has 0 radical (unpaired) electrons. The molecule has 146 valence electrons. The first-order valence-electron chi connectivity index (χ1n) is 10.4. The number of hydrogen-bond donors (Lipinski definition) is 2. The Morgan fingerprint density at radius 2 is 1.93 bits per heavy atom. The Morgan fingerprint density at radius 1 is 1.11 bits per heavy atom. The first kappa shape index (κ1) is 18.8. The topological polar surface area (TPSA) is 48.1 Å². The molecule has 4 heteroatoms. The molecule has 4 rings (SSSR count). The van der Waals surface area contributed by atoms with Crippen LogP contribution in [0.2, 0.25) is 0 Å². The molecule has 0 aliphatic carbocycles. The van der Waals surface area contributed by atoms with Crippen LogP contribution in [0.15, 0.2) is 60.8 Å². The number of aryl methyl sites for hydroxylation is 1. The molecule has 1 amide bonds. The second kappa shape index (κ2) is 9.07. The van der Waals surface area contributed by atoms with Crippen LogP contribution in [0.5, 0.6) is 0 Å². The minimum Gasteiger partial charge on any atom is -0.361 e. The van der Waals surface area contributed by atoms with E-state index in [-0.39, 0.29) is 11.8 Å². The van der Waals surface area contributed by atoms with Crippen molar-refractivity contribution < 1.29 is 4.79 Å². The van der Waals surface area contributed by atoms with E-state index in [9.17, 15) is 4.79 Å². The maximum Gasteiger partial charge on any atom is 0.224 e. The van der Waals surface area contributed by atoms with Crippen LogP contribution in [-0.4, -0.2) is 35.4 Å². The first-order chi connectivity index (χ1) is 13.8. The van der Waals surface area contributed by atoms with Gasteiger partial charge in [-0.3, -0.25) is 9.69 Å². The zero-order valence-electron chi connectivity index (χ0n) is 16.4. The molecular weight excluding hydrogens is 346 g/mol. The number of benzene rings is 2. The summed E-state index contributed by atoms with van der Waals surface area (Å²) in [6, 6.07) is 18.9. The van der Waals surface area contributed by atoms with Crippen LogP contribution < -0.4 is 5.32 Å². The normalized spacial score (nSPS) is 17.6. The molecule has 0 saturated carbocycles. The van der Waals surface area contributed by atoms with Crippen LogP contribution in [0, 0.1) is 5.92 Å². The number of fused-ring (bicyclic) bond motifs is 1. The molecule has 1 unspecified atom stereocenters. The Kier molecular flexibility index (Phi) is 6.07. The molecule has 2 heterocycles. The molecule has 2 N–H and O–H groups in total. The van der Waals surface area contributed by atoms with Gasteiger partial charge in [-0.05, 0) is 49.4 Å². The van der Waals surface area contributed by atoms with E-state index in [4.69, 9.17) is 0 Å². The number of amides is 1. The van der Waals surface area contributed by atoms with Crippen molar-refractivity contribution in [3.63, 3.8) is 0 Å². The van der Waals surface area contributed by atoms with Crippen molar-refractivity contribution in [2.45, 2.75) is 32.2 Å². The number of aromatic nitrogens is 1. The van der Waals surface area contributed by atoms with Gasteiger partial charge in [0.1, 0.15) is 0 Å². The van der Waals surface area contributed by atoms with Crippen LogP contribution in [0.1, 0.15) is 30.4 Å². The van der Waals surface area contributed by atoms with Gasteiger partial charge in [0.2, 0.25) is 5.91 Å². The Hall–Kier alpha value is -2.59. The number of H-pyrrole nitrogens is 1. The Bertz CT molecular complexity index is 902. The fourth-order valence-corrected chi connectivity index (χ4v) is 4.23. The molecule has 1 aromatic heterocycles. The number of likely N-dealkylation sites (tertiary alicyclic amines) is 1. The number of hydrogen-bond acceptors (Lipinski definition) is 2. The van der Waals surface area contributed by atoms with E-state index >= 15 is 0 Å². The summed E-state index contributed by atoms with van der Waals surface area (Å²) in [5.74, 6) is 0.335. The van der Waals surface area contributed by atoms with Crippen molar-refractivity contribution in [2.75, 3.05) is 19.6 Å². The lowest BCUT2D eigenvalue weighted by Gasteiger charge is -2.32. The minimum absolute atomic E-state index is 0.116. The van der Waals surface area contributed by atoms with E-state index in [1.165, 1.54) is 22.0 Å². The van der Waals surface area contributed by atoms with Crippen LogP contribution >= 0.6 is 0 Å². The fourth-order valence-electron chi connectivity index (χ4n) is 4.23. The summed E-state index contributed by atoms with van der Waals surface area (Å²) >= 11 is 0. The molecule has 4 nitrogen and oxygen atoms in total. The van der Waals surface area contributed by atoms with Gasteiger partial charge in [-0.2, -0.15) is 0 Å². The van der Waals surface area contributed by atoms with Gasteiger partial charge in [0.25, 0.3) is 0 Å². The Balaban J connectivity index is 1.22. The molecule has 0 spiro atoms. The Morgan fingerprint density at radius 3 is 2.82 bits per heavy atom. The quantitative estimate of drug-likeness (QED) is 0.610. The summed E-state index contributed by atoms with van der Waals surface area (Å²) in [5.41, 5.74) is 3.83. The van der Waals surface area contributed by atoms with Crippen LogP contribution in [0.4, 0.5) is 0 Å². The average molecular weight is 376 g/mol. The molecule has 1 saturated heterocycles. The predicted molar refractivity (Wildman–Crippen MR) is 114 cm³/mol. The van der Waals surface area contributed by atoms with Crippen LogP contribution in [-0.2, 0) is 17.8 Å². The molecular formula is C24H29N3O. The van der Waals surface area contributed by atoms with Gasteiger partial charge < -0.3 is 10.3 Å². The lowest BCUT2D eigenvalue weighted by molar-refractivity contribution is -0.126. The van der Waals surface area contributed by atoms with Crippen molar-refractivity contribution in [2.24, 2.45) is 5.92 Å². The van der Waals surface area contributed by atoms with Crippen molar-refractivity contribution in [3.05, 3.63) is 71.9 Å². The molecule has 1 aliphatic heterocycles. The smallest absolute Gasteiger partial charge is 0.224 e. The maximum absolute atomic E-state index is 12.6. The van der Waals surface area contributed by atoms with E-state index in [1.807, 2.05) is 12.1 Å². The van der Waals surface area contributed by atoms with E-state index in [0.717, 1.165) is 51.9 Å². The SMILES string of the molecule is O=C(NCCCc1c[nH]c2ccccc12)C1CCCN(Cc2ccccc2)C1. The van der Waals surface area contributed by atoms with Gasteiger partial charge in [0.15, 0.2) is 0 Å². The molecule has 1 atom stereocenters. The molecule has 1 fully saturated rings. The number of aromatic amines is 1. The monoisotopic (exact) mass is 375 g/mol. The summed E-state index contributed by atoms with van der Waals surface area (Å²) in [6.45, 7) is 3.63. The van der Waals surface area contributed by atoms with Gasteiger partial charge in [-0.15, -0.1) is 0 Å². The number of nitrogens with one attached hydrogen (secondary N) is 2. The van der Waals surface area contributed by atoms with Gasteiger partial charge in [-0.25, -0.2) is 0 Å². The van der Waals surface area contributed by atoms with Gasteiger partial charge in [0.05, 0.1) is 5.92 Å². The van der Waals surface area contributed by atoms with E-state index < -0.39 is 0 Å². The maximum atomic E-state index is 12.6. The number of nitrogens with zero attached hydrogens (tertiary/aromatic N) is 1. The van der Waals surface area contributed by atoms with Crippen LogP contribution in [0.25, 0.3) is 10.9 Å². The summed E-state index contributed by atoms with van der Waals surface area (Å²) in [7, 11) is 0. The summed E-state index contributed by atoms with van der Waals surface area (Å²) < 4.78 is 0. The zero-order valence-corrected chi connectivity index (χ0v) is 16.4. The third-order valence-corrected chi connectivity index (χ3v) is 5.72. The van der Waals surface area contributed by atoms with Crippen molar-refractivity contribution in [1.29, 1.82) is 0 Å². The molecule has 1 aliphatic rings. The summed E-state index contributed by atoms with van der Waals surface area (Å²) in [6.07, 6.45) is 6.14. The van der Waals surface area contributed by atoms with Crippen molar-refractivity contribution >= 4 is 16.8 Å². The second-order valence-electron chi connectivity index (χ2n) is 7.81. The lowest BCUT2D eigenvalue weighted by Crippen LogP contribution is -2.42. The molecule has 28 heavy (non-hydrogen) atoms. The summed E-state index contributed by atoms with van der Waals surface area (Å²) in [4.78, 5) is 18.4. The number of para-hydroxylation sites is 1. The highest BCUT2D eigenvalue weighted by atomic mass is 16.1. The third kappa shape index (κ3) is 4.63. The molecule has 0 bridgehead atoms. The molecule has 2 aromatic carbocycles. The van der Waals surface area contributed by atoms with Crippen molar-refractivity contribution in [3.8, 4) is 0 Å². The van der Waals surface area contributed by atoms with Gasteiger partial charge in [0, 0.05) is 36.7 Å². The number of carbonyl (C=O) groups excluding carboxylic acids is 1. The minimum atomic E-state index is 0.116. The van der Waals surface area contributed by atoms with E-state index in [1.54, 1.807) is 0 Å². The van der Waals surface area contributed by atoms with Gasteiger partial charge in [-0.1, -0.05) is 48.5 Å². The summed E-state index contributed by atoms with van der Waals surface area (Å²) in [5, 5.41) is 4.46. The van der Waals surface area contributed by atoms with E-state index in [0.29, 0.717) is 0 Å². The largest absolute Gasteiger partial charge is 0.361 e. The standard InChI is InChI=1S/C24H29N3O/c28-24(21-11-7-15-27(18-21)17-19-8-2-1-3-9-19)25-14-6-10-20-16-26-23-13-5-4-12-22(20)23/h1-5,8-9,12-13,16,21,26H,6-7,10-11,14-15,17-18H2,(H,25,28). The Labute approximate surface area is 166 Å². The van der Waals surface area contributed by atoms with Gasteiger partial charge >= 0.3 is 0 Å². The highest BCUT2D eigenvalue weighted by Gasteiger charge is 2.25. The number of rotatable bonds is 7. The fraction of sp³-hybridized carbons (Fsp3) is 0.375. The zero-order chi connectivity index (χ0) is 19.2. The first-order valence-corrected chi connectivity index (χ1v) is 10.4.